The molecule has 1 heterocycles. The summed E-state index contributed by atoms with van der Waals surface area (Å²) in [7, 11) is 0. The van der Waals surface area contributed by atoms with Gasteiger partial charge >= 0.3 is 0 Å². The molecule has 25 heavy (non-hydrogen) atoms. The number of anilines is 1. The zero-order chi connectivity index (χ0) is 17.9. The molecule has 0 fully saturated rings. The minimum absolute atomic E-state index is 0.0451. The molecule has 0 aliphatic heterocycles. The van der Waals surface area contributed by atoms with Crippen LogP contribution in [-0.4, -0.2) is 10.9 Å². The lowest BCUT2D eigenvalue weighted by Crippen LogP contribution is -2.10. The number of rotatable bonds is 11. The number of nitrogens with one attached hydrogen (secondary N) is 1. The van der Waals surface area contributed by atoms with Gasteiger partial charge in [0.05, 0.1) is 5.69 Å². The number of hydrogen-bond donors (Lipinski definition) is 1. The smallest absolute Gasteiger partial charge is 0.226 e. The molecule has 0 saturated heterocycles. The third kappa shape index (κ3) is 7.41. The fraction of sp³-hybridized carbons (Fsp3) is 0.400. The Hall–Kier alpha value is -1.65. The maximum atomic E-state index is 12.0. The lowest BCUT2D eigenvalue weighted by molar-refractivity contribution is -0.116. The largest absolute Gasteiger partial charge is 0.302 e. The van der Waals surface area contributed by atoms with Gasteiger partial charge in [-0.15, -0.1) is 17.9 Å². The normalized spacial score (nSPS) is 10.6. The molecule has 3 nitrogen and oxygen atoms in total. The van der Waals surface area contributed by atoms with Crippen molar-refractivity contribution < 1.29 is 4.79 Å². The van der Waals surface area contributed by atoms with Gasteiger partial charge in [-0.3, -0.25) is 4.79 Å². The van der Waals surface area contributed by atoms with Gasteiger partial charge in [0.15, 0.2) is 5.13 Å². The third-order valence-electron chi connectivity index (χ3n) is 3.95. The number of allylic oxidation sites excluding steroid dienone is 1. The first kappa shape index (κ1) is 19.7. The molecule has 0 radical (unpaired) electrons. The lowest BCUT2D eigenvalue weighted by atomic mass is 10.1. The van der Waals surface area contributed by atoms with Crippen LogP contribution >= 0.6 is 22.9 Å². The predicted molar refractivity (Wildman–Crippen MR) is 108 cm³/mol. The second-order valence-electron chi connectivity index (χ2n) is 6.04. The van der Waals surface area contributed by atoms with Crippen molar-refractivity contribution in [3.8, 4) is 11.3 Å². The van der Waals surface area contributed by atoms with Crippen molar-refractivity contribution >= 4 is 34.0 Å². The fourth-order valence-electron chi connectivity index (χ4n) is 2.55. The quantitative estimate of drug-likeness (QED) is 0.349. The van der Waals surface area contributed by atoms with E-state index in [2.05, 4.69) is 16.9 Å². The summed E-state index contributed by atoms with van der Waals surface area (Å²) in [5.74, 6) is 0.0451. The van der Waals surface area contributed by atoms with Gasteiger partial charge < -0.3 is 5.32 Å². The van der Waals surface area contributed by atoms with Gasteiger partial charge in [-0.1, -0.05) is 55.5 Å². The number of nitrogens with zero attached hydrogens (tertiary/aromatic N) is 1. The Morgan fingerprint density at radius 3 is 2.52 bits per heavy atom. The standard InChI is InChI=1S/C20H25ClN2OS/c1-2-3-4-5-6-7-8-9-10-19(24)23-20-22-18(15-25-20)16-11-13-17(21)14-12-16/h2,11-15H,1,3-10H2,(H,22,23,24). The first-order valence-corrected chi connectivity index (χ1v) is 10.1. The number of carbonyl (C=O) groups is 1. The number of carbonyl (C=O) groups excluding carboxylic acids is 1. The molecule has 2 aromatic rings. The minimum Gasteiger partial charge on any atom is -0.302 e. The summed E-state index contributed by atoms with van der Waals surface area (Å²) in [5, 5.41) is 6.19. The molecular formula is C20H25ClN2OS. The van der Waals surface area contributed by atoms with Crippen molar-refractivity contribution in [2.45, 2.75) is 51.4 Å². The minimum atomic E-state index is 0.0451. The molecule has 0 aliphatic rings. The highest BCUT2D eigenvalue weighted by molar-refractivity contribution is 7.14. The van der Waals surface area contributed by atoms with Crippen LogP contribution in [0, 0.1) is 0 Å². The Kier molecular flexibility index (Phi) is 8.70. The van der Waals surface area contributed by atoms with Crippen LogP contribution in [0.25, 0.3) is 11.3 Å². The van der Waals surface area contributed by atoms with Crippen molar-refractivity contribution in [1.82, 2.24) is 4.98 Å². The van der Waals surface area contributed by atoms with Gasteiger partial charge in [0.2, 0.25) is 5.91 Å². The molecule has 5 heteroatoms. The Labute approximate surface area is 159 Å². The van der Waals surface area contributed by atoms with Gasteiger partial charge in [0.25, 0.3) is 0 Å². The number of hydrogen-bond acceptors (Lipinski definition) is 3. The van der Waals surface area contributed by atoms with Gasteiger partial charge in [-0.05, 0) is 31.4 Å². The summed E-state index contributed by atoms with van der Waals surface area (Å²) in [5.41, 5.74) is 1.86. The van der Waals surface area contributed by atoms with Crippen LogP contribution in [0.4, 0.5) is 5.13 Å². The molecule has 1 aromatic carbocycles. The van der Waals surface area contributed by atoms with E-state index in [1.165, 1.54) is 37.0 Å². The number of halogens is 1. The molecule has 0 spiro atoms. The van der Waals surface area contributed by atoms with E-state index in [9.17, 15) is 4.79 Å². The predicted octanol–water partition coefficient (Wildman–Crippen LogP) is 6.71. The molecule has 0 unspecified atom stereocenters. The molecular weight excluding hydrogens is 352 g/mol. The summed E-state index contributed by atoms with van der Waals surface area (Å²) in [4.78, 5) is 16.5. The fourth-order valence-corrected chi connectivity index (χ4v) is 3.41. The molecule has 1 aromatic heterocycles. The topological polar surface area (TPSA) is 42.0 Å². The third-order valence-corrected chi connectivity index (χ3v) is 4.96. The van der Waals surface area contributed by atoms with Gasteiger partial charge in [0.1, 0.15) is 0 Å². The highest BCUT2D eigenvalue weighted by Gasteiger charge is 2.08. The Balaban J connectivity index is 1.66. The molecule has 0 bridgehead atoms. The zero-order valence-corrected chi connectivity index (χ0v) is 16.0. The molecule has 0 atom stereocenters. The maximum Gasteiger partial charge on any atom is 0.226 e. The average molecular weight is 377 g/mol. The summed E-state index contributed by atoms with van der Waals surface area (Å²) in [6.07, 6.45) is 10.6. The average Bonchev–Trinajstić information content (AvgIpc) is 3.06. The second-order valence-corrected chi connectivity index (χ2v) is 7.34. The van der Waals surface area contributed by atoms with E-state index >= 15 is 0 Å². The second kappa shape index (κ2) is 11.1. The Bertz CT molecular complexity index is 667. The van der Waals surface area contributed by atoms with Crippen molar-refractivity contribution in [2.24, 2.45) is 0 Å². The number of unbranched alkanes of at least 4 members (excludes halogenated alkanes) is 6. The van der Waals surface area contributed by atoms with Crippen LogP contribution in [0.5, 0.6) is 0 Å². The lowest BCUT2D eigenvalue weighted by Gasteiger charge is -2.02. The molecule has 0 saturated carbocycles. The highest BCUT2D eigenvalue weighted by Crippen LogP contribution is 2.26. The summed E-state index contributed by atoms with van der Waals surface area (Å²) >= 11 is 7.34. The molecule has 134 valence electrons. The highest BCUT2D eigenvalue weighted by atomic mass is 35.5. The van der Waals surface area contributed by atoms with E-state index < -0.39 is 0 Å². The summed E-state index contributed by atoms with van der Waals surface area (Å²) in [6, 6.07) is 7.54. The van der Waals surface area contributed by atoms with Gasteiger partial charge in [0, 0.05) is 22.4 Å². The number of aromatic nitrogens is 1. The number of thiazole rings is 1. The van der Waals surface area contributed by atoms with Crippen LogP contribution < -0.4 is 5.32 Å². The van der Waals surface area contributed by atoms with E-state index in [1.807, 2.05) is 35.7 Å². The Morgan fingerprint density at radius 1 is 1.12 bits per heavy atom. The maximum absolute atomic E-state index is 12.0. The van der Waals surface area contributed by atoms with Crippen LogP contribution in [0.3, 0.4) is 0 Å². The molecule has 1 N–H and O–H groups in total. The van der Waals surface area contributed by atoms with Crippen molar-refractivity contribution in [2.75, 3.05) is 5.32 Å². The van der Waals surface area contributed by atoms with Crippen molar-refractivity contribution in [3.63, 3.8) is 0 Å². The van der Waals surface area contributed by atoms with Crippen LogP contribution in [0.2, 0.25) is 5.02 Å². The van der Waals surface area contributed by atoms with E-state index in [1.54, 1.807) is 0 Å². The zero-order valence-electron chi connectivity index (χ0n) is 14.5. The first-order valence-electron chi connectivity index (χ1n) is 8.81. The van der Waals surface area contributed by atoms with E-state index in [4.69, 9.17) is 11.6 Å². The monoisotopic (exact) mass is 376 g/mol. The number of amides is 1. The Morgan fingerprint density at radius 2 is 1.80 bits per heavy atom. The van der Waals surface area contributed by atoms with Gasteiger partial charge in [-0.2, -0.15) is 0 Å². The van der Waals surface area contributed by atoms with Crippen molar-refractivity contribution in [1.29, 1.82) is 0 Å². The van der Waals surface area contributed by atoms with Gasteiger partial charge in [-0.25, -0.2) is 4.98 Å². The van der Waals surface area contributed by atoms with Crippen LogP contribution in [0.1, 0.15) is 51.4 Å². The van der Waals surface area contributed by atoms with Crippen LogP contribution in [0.15, 0.2) is 42.3 Å². The number of benzene rings is 1. The SMILES string of the molecule is C=CCCCCCCCCC(=O)Nc1nc(-c2ccc(Cl)cc2)cs1. The summed E-state index contributed by atoms with van der Waals surface area (Å²) < 4.78 is 0. The first-order chi connectivity index (χ1) is 12.2. The van der Waals surface area contributed by atoms with E-state index in [-0.39, 0.29) is 5.91 Å². The van der Waals surface area contributed by atoms with Crippen LogP contribution in [-0.2, 0) is 4.79 Å². The van der Waals surface area contributed by atoms with E-state index in [0.29, 0.717) is 16.6 Å². The molecule has 1 amide bonds. The summed E-state index contributed by atoms with van der Waals surface area (Å²) in [6.45, 7) is 3.73. The molecule has 2 rings (SSSR count). The molecule has 0 aliphatic carbocycles. The van der Waals surface area contributed by atoms with E-state index in [0.717, 1.165) is 30.5 Å². The van der Waals surface area contributed by atoms with Crippen molar-refractivity contribution in [3.05, 3.63) is 47.3 Å².